The standard InChI is InChI=1S/C10H8FNO/c11-10-5-8(2-1-3-12)4-9(6-10)7-13/h4-7H,1-2H2. The fraction of sp³-hybridized carbons (Fsp3) is 0.200. The Morgan fingerprint density at radius 3 is 2.85 bits per heavy atom. The van der Waals surface area contributed by atoms with Gasteiger partial charge in [-0.2, -0.15) is 5.26 Å². The van der Waals surface area contributed by atoms with E-state index in [1.54, 1.807) is 6.07 Å². The minimum Gasteiger partial charge on any atom is -0.298 e. The van der Waals surface area contributed by atoms with Gasteiger partial charge >= 0.3 is 0 Å². The van der Waals surface area contributed by atoms with Gasteiger partial charge in [-0.25, -0.2) is 4.39 Å². The highest BCUT2D eigenvalue weighted by Crippen LogP contribution is 2.09. The van der Waals surface area contributed by atoms with Crippen LogP contribution in [0.15, 0.2) is 18.2 Å². The highest BCUT2D eigenvalue weighted by molar-refractivity contribution is 5.75. The van der Waals surface area contributed by atoms with Gasteiger partial charge in [-0.3, -0.25) is 4.79 Å². The summed E-state index contributed by atoms with van der Waals surface area (Å²) < 4.78 is 12.8. The molecular weight excluding hydrogens is 169 g/mol. The van der Waals surface area contributed by atoms with Gasteiger partial charge in [-0.05, 0) is 30.2 Å². The predicted octanol–water partition coefficient (Wildman–Crippen LogP) is 2.09. The summed E-state index contributed by atoms with van der Waals surface area (Å²) in [7, 11) is 0. The topological polar surface area (TPSA) is 40.9 Å². The van der Waals surface area contributed by atoms with Crippen LogP contribution in [-0.2, 0) is 6.42 Å². The molecule has 0 heterocycles. The molecule has 0 aliphatic rings. The molecule has 0 N–H and O–H groups in total. The zero-order chi connectivity index (χ0) is 9.68. The van der Waals surface area contributed by atoms with E-state index in [9.17, 15) is 9.18 Å². The normalized spacial score (nSPS) is 9.23. The van der Waals surface area contributed by atoms with Crippen molar-refractivity contribution >= 4 is 6.29 Å². The largest absolute Gasteiger partial charge is 0.298 e. The summed E-state index contributed by atoms with van der Waals surface area (Å²) in [5, 5.41) is 8.31. The molecule has 13 heavy (non-hydrogen) atoms. The quantitative estimate of drug-likeness (QED) is 0.663. The van der Waals surface area contributed by atoms with Crippen LogP contribution < -0.4 is 0 Å². The molecule has 0 radical (unpaired) electrons. The fourth-order valence-corrected chi connectivity index (χ4v) is 1.09. The van der Waals surface area contributed by atoms with Crippen LogP contribution in [0, 0.1) is 17.1 Å². The second-order valence-electron chi connectivity index (χ2n) is 2.67. The molecular formula is C10H8FNO. The highest BCUT2D eigenvalue weighted by atomic mass is 19.1. The Morgan fingerprint density at radius 2 is 2.23 bits per heavy atom. The number of carbonyl (C=O) groups excluding carboxylic acids is 1. The number of nitrogens with zero attached hydrogens (tertiary/aromatic N) is 1. The van der Waals surface area contributed by atoms with E-state index >= 15 is 0 Å². The molecule has 0 aliphatic heterocycles. The van der Waals surface area contributed by atoms with Crippen LogP contribution in [0.5, 0.6) is 0 Å². The number of halogens is 1. The molecule has 0 unspecified atom stereocenters. The molecule has 0 saturated carbocycles. The molecule has 0 bridgehead atoms. The second kappa shape index (κ2) is 4.36. The van der Waals surface area contributed by atoms with Crippen LogP contribution in [0.4, 0.5) is 4.39 Å². The van der Waals surface area contributed by atoms with Gasteiger partial charge in [0.05, 0.1) is 6.07 Å². The number of nitriles is 1. The second-order valence-corrected chi connectivity index (χ2v) is 2.67. The third kappa shape index (κ3) is 2.68. The van der Waals surface area contributed by atoms with Crippen LogP contribution >= 0.6 is 0 Å². The van der Waals surface area contributed by atoms with Crippen molar-refractivity contribution in [2.24, 2.45) is 0 Å². The van der Waals surface area contributed by atoms with Crippen molar-refractivity contribution in [1.82, 2.24) is 0 Å². The van der Waals surface area contributed by atoms with Crippen molar-refractivity contribution in [3.05, 3.63) is 35.1 Å². The van der Waals surface area contributed by atoms with Gasteiger partial charge in [0.2, 0.25) is 0 Å². The van der Waals surface area contributed by atoms with Crippen LogP contribution in [0.2, 0.25) is 0 Å². The van der Waals surface area contributed by atoms with Gasteiger partial charge in [0.15, 0.2) is 0 Å². The van der Waals surface area contributed by atoms with Crippen LogP contribution in [0.1, 0.15) is 22.3 Å². The minimum atomic E-state index is -0.433. The lowest BCUT2D eigenvalue weighted by Crippen LogP contribution is -1.90. The maximum atomic E-state index is 12.8. The number of carbonyl (C=O) groups is 1. The Balaban J connectivity index is 2.89. The number of hydrogen-bond donors (Lipinski definition) is 0. The van der Waals surface area contributed by atoms with E-state index in [0.29, 0.717) is 30.3 Å². The average Bonchev–Trinajstić information content (AvgIpc) is 2.14. The zero-order valence-electron chi connectivity index (χ0n) is 6.96. The van der Waals surface area contributed by atoms with E-state index in [1.807, 2.05) is 6.07 Å². The first-order valence-electron chi connectivity index (χ1n) is 3.88. The molecule has 1 rings (SSSR count). The SMILES string of the molecule is N#CCCc1cc(F)cc(C=O)c1. The van der Waals surface area contributed by atoms with Gasteiger partial charge in [0, 0.05) is 12.0 Å². The third-order valence-electron chi connectivity index (χ3n) is 1.64. The zero-order valence-corrected chi connectivity index (χ0v) is 6.96. The Kier molecular flexibility index (Phi) is 3.15. The lowest BCUT2D eigenvalue weighted by Gasteiger charge is -1.98. The van der Waals surface area contributed by atoms with Crippen molar-refractivity contribution in [3.8, 4) is 6.07 Å². The van der Waals surface area contributed by atoms with Crippen molar-refractivity contribution in [1.29, 1.82) is 5.26 Å². The summed E-state index contributed by atoms with van der Waals surface area (Å²) in [5.74, 6) is -0.433. The molecule has 0 atom stereocenters. The molecule has 0 fully saturated rings. The first kappa shape index (κ1) is 9.40. The van der Waals surface area contributed by atoms with E-state index in [4.69, 9.17) is 5.26 Å². The fourth-order valence-electron chi connectivity index (χ4n) is 1.09. The summed E-state index contributed by atoms with van der Waals surface area (Å²) in [6.07, 6.45) is 1.41. The molecule has 3 heteroatoms. The van der Waals surface area contributed by atoms with Crippen molar-refractivity contribution in [2.45, 2.75) is 12.8 Å². The molecule has 1 aromatic carbocycles. The van der Waals surface area contributed by atoms with E-state index in [0.717, 1.165) is 0 Å². The molecule has 0 aromatic heterocycles. The van der Waals surface area contributed by atoms with Crippen LogP contribution in [0.3, 0.4) is 0 Å². The van der Waals surface area contributed by atoms with Crippen molar-refractivity contribution < 1.29 is 9.18 Å². The molecule has 0 saturated heterocycles. The summed E-state index contributed by atoms with van der Waals surface area (Å²) in [5.41, 5.74) is 0.997. The first-order valence-corrected chi connectivity index (χ1v) is 3.88. The summed E-state index contributed by atoms with van der Waals surface area (Å²) >= 11 is 0. The van der Waals surface area contributed by atoms with Gasteiger partial charge in [-0.15, -0.1) is 0 Å². The van der Waals surface area contributed by atoms with Crippen LogP contribution in [0.25, 0.3) is 0 Å². The number of benzene rings is 1. The summed E-state index contributed by atoms with van der Waals surface area (Å²) in [6, 6.07) is 6.06. The molecule has 66 valence electrons. The van der Waals surface area contributed by atoms with Gasteiger partial charge in [-0.1, -0.05) is 0 Å². The van der Waals surface area contributed by atoms with E-state index in [1.165, 1.54) is 12.1 Å². The number of aldehydes is 1. The van der Waals surface area contributed by atoms with E-state index < -0.39 is 5.82 Å². The van der Waals surface area contributed by atoms with Gasteiger partial charge in [0.25, 0.3) is 0 Å². The van der Waals surface area contributed by atoms with E-state index in [-0.39, 0.29) is 0 Å². The maximum absolute atomic E-state index is 12.8. The molecule has 2 nitrogen and oxygen atoms in total. The molecule has 0 aliphatic carbocycles. The number of aryl methyl sites for hydroxylation is 1. The smallest absolute Gasteiger partial charge is 0.150 e. The highest BCUT2D eigenvalue weighted by Gasteiger charge is 1.99. The van der Waals surface area contributed by atoms with Crippen LogP contribution in [-0.4, -0.2) is 6.29 Å². The minimum absolute atomic E-state index is 0.313. The predicted molar refractivity (Wildman–Crippen MR) is 45.7 cm³/mol. The lowest BCUT2D eigenvalue weighted by molar-refractivity contribution is 0.112. The third-order valence-corrected chi connectivity index (χ3v) is 1.64. The van der Waals surface area contributed by atoms with Crippen molar-refractivity contribution in [3.63, 3.8) is 0 Å². The molecule has 1 aromatic rings. The van der Waals surface area contributed by atoms with Crippen molar-refractivity contribution in [2.75, 3.05) is 0 Å². The molecule has 0 spiro atoms. The summed E-state index contributed by atoms with van der Waals surface area (Å²) in [4.78, 5) is 10.4. The Hall–Kier alpha value is -1.69. The number of rotatable bonds is 3. The van der Waals surface area contributed by atoms with Gasteiger partial charge in [0.1, 0.15) is 12.1 Å². The Morgan fingerprint density at radius 1 is 1.46 bits per heavy atom. The van der Waals surface area contributed by atoms with E-state index in [2.05, 4.69) is 0 Å². The monoisotopic (exact) mass is 177 g/mol. The first-order chi connectivity index (χ1) is 6.26. The molecule has 0 amide bonds. The summed E-state index contributed by atoms with van der Waals surface area (Å²) in [6.45, 7) is 0. The lowest BCUT2D eigenvalue weighted by atomic mass is 10.1. The maximum Gasteiger partial charge on any atom is 0.150 e. The Labute approximate surface area is 75.6 Å². The van der Waals surface area contributed by atoms with Gasteiger partial charge < -0.3 is 0 Å². The number of hydrogen-bond acceptors (Lipinski definition) is 2. The average molecular weight is 177 g/mol. The Bertz CT molecular complexity index is 354.